The van der Waals surface area contributed by atoms with Crippen LogP contribution in [0, 0.1) is 0 Å². The molecule has 1 N–H and O–H groups in total. The fourth-order valence-electron chi connectivity index (χ4n) is 3.21. The maximum Gasteiger partial charge on any atom is 0.0407 e. The number of anilines is 1. The second kappa shape index (κ2) is 8.66. The molecule has 0 unspecified atom stereocenters. The summed E-state index contributed by atoms with van der Waals surface area (Å²) in [6, 6.07) is 40.9. The van der Waals surface area contributed by atoms with Crippen LogP contribution >= 0.6 is 7.92 Å². The van der Waals surface area contributed by atoms with E-state index < -0.39 is 7.92 Å². The lowest BCUT2D eigenvalue weighted by atomic mass is 10.2. The van der Waals surface area contributed by atoms with Gasteiger partial charge in [-0.1, -0.05) is 103 Å². The highest BCUT2D eigenvalue weighted by atomic mass is 31.1. The topological polar surface area (TPSA) is 12.0 Å². The summed E-state index contributed by atoms with van der Waals surface area (Å²) in [4.78, 5) is 0. The SMILES string of the molecule is c1ccc(NCc2ccccc2P(c2ccccc2)c2ccccc2)cc1. The molecule has 2 heteroatoms. The fraction of sp³-hybridized carbons (Fsp3) is 0.0400. The highest BCUT2D eigenvalue weighted by Gasteiger charge is 2.18. The Labute approximate surface area is 162 Å². The van der Waals surface area contributed by atoms with Crippen LogP contribution in [-0.4, -0.2) is 0 Å². The summed E-state index contributed by atoms with van der Waals surface area (Å²) >= 11 is 0. The Hall–Kier alpha value is -2.89. The molecule has 0 aliphatic rings. The van der Waals surface area contributed by atoms with Crippen molar-refractivity contribution in [3.8, 4) is 0 Å². The van der Waals surface area contributed by atoms with Gasteiger partial charge in [-0.05, 0) is 41.5 Å². The first-order valence-corrected chi connectivity index (χ1v) is 10.5. The van der Waals surface area contributed by atoms with Crippen LogP contribution in [0.2, 0.25) is 0 Å². The van der Waals surface area contributed by atoms with Gasteiger partial charge in [0.05, 0.1) is 0 Å². The van der Waals surface area contributed by atoms with Gasteiger partial charge in [-0.25, -0.2) is 0 Å². The second-order valence-electron chi connectivity index (χ2n) is 6.35. The molecule has 4 aromatic carbocycles. The summed E-state index contributed by atoms with van der Waals surface area (Å²) in [5, 5.41) is 7.74. The van der Waals surface area contributed by atoms with Crippen molar-refractivity contribution in [2.75, 3.05) is 5.32 Å². The first-order chi connectivity index (χ1) is 13.4. The molecule has 0 bridgehead atoms. The van der Waals surface area contributed by atoms with E-state index in [1.54, 1.807) is 0 Å². The summed E-state index contributed by atoms with van der Waals surface area (Å²) in [5.74, 6) is 0. The van der Waals surface area contributed by atoms with Gasteiger partial charge < -0.3 is 5.32 Å². The third-order valence-corrected chi connectivity index (χ3v) is 7.07. The zero-order valence-corrected chi connectivity index (χ0v) is 16.0. The molecule has 0 aromatic heterocycles. The van der Waals surface area contributed by atoms with Gasteiger partial charge in [0.15, 0.2) is 0 Å². The zero-order valence-electron chi connectivity index (χ0n) is 15.1. The van der Waals surface area contributed by atoms with Crippen molar-refractivity contribution in [1.29, 1.82) is 0 Å². The lowest BCUT2D eigenvalue weighted by Crippen LogP contribution is -2.24. The molecule has 0 heterocycles. The summed E-state index contributed by atoms with van der Waals surface area (Å²) in [6.07, 6.45) is 0. The minimum Gasteiger partial charge on any atom is -0.381 e. The van der Waals surface area contributed by atoms with Gasteiger partial charge in [0.25, 0.3) is 0 Å². The monoisotopic (exact) mass is 367 g/mol. The van der Waals surface area contributed by atoms with Crippen molar-refractivity contribution < 1.29 is 0 Å². The van der Waals surface area contributed by atoms with E-state index in [2.05, 4.69) is 115 Å². The van der Waals surface area contributed by atoms with Crippen molar-refractivity contribution >= 4 is 29.5 Å². The van der Waals surface area contributed by atoms with Gasteiger partial charge in [-0.2, -0.15) is 0 Å². The number of para-hydroxylation sites is 1. The van der Waals surface area contributed by atoms with Crippen LogP contribution < -0.4 is 21.2 Å². The molecule has 0 aliphatic heterocycles. The van der Waals surface area contributed by atoms with E-state index >= 15 is 0 Å². The van der Waals surface area contributed by atoms with Crippen LogP contribution in [-0.2, 0) is 6.54 Å². The molecule has 4 rings (SSSR count). The van der Waals surface area contributed by atoms with Crippen LogP contribution in [0.15, 0.2) is 115 Å². The Bertz CT molecular complexity index is 929. The van der Waals surface area contributed by atoms with Gasteiger partial charge in [-0.15, -0.1) is 0 Å². The van der Waals surface area contributed by atoms with Crippen LogP contribution in [0.5, 0.6) is 0 Å². The Balaban J connectivity index is 1.72. The molecular formula is C25H22NP. The molecule has 0 fully saturated rings. The third kappa shape index (κ3) is 4.27. The highest BCUT2D eigenvalue weighted by molar-refractivity contribution is 7.79. The summed E-state index contributed by atoms with van der Waals surface area (Å²) < 4.78 is 0. The minimum absolute atomic E-state index is 0.587. The second-order valence-corrected chi connectivity index (χ2v) is 8.54. The number of benzene rings is 4. The van der Waals surface area contributed by atoms with E-state index in [-0.39, 0.29) is 0 Å². The lowest BCUT2D eigenvalue weighted by molar-refractivity contribution is 1.16. The molecule has 0 saturated heterocycles. The Morgan fingerprint density at radius 2 is 1.00 bits per heavy atom. The molecule has 0 saturated carbocycles. The number of nitrogens with one attached hydrogen (secondary N) is 1. The van der Waals surface area contributed by atoms with Gasteiger partial charge in [0, 0.05) is 12.2 Å². The Kier molecular flexibility index (Phi) is 5.62. The number of rotatable bonds is 6. The quantitative estimate of drug-likeness (QED) is 0.470. The molecule has 0 atom stereocenters. The number of hydrogen-bond donors (Lipinski definition) is 1. The Morgan fingerprint density at radius 3 is 1.59 bits per heavy atom. The molecule has 0 radical (unpaired) electrons. The predicted octanol–water partition coefficient (Wildman–Crippen LogP) is 5.06. The van der Waals surface area contributed by atoms with Gasteiger partial charge in [0.1, 0.15) is 0 Å². The Morgan fingerprint density at radius 1 is 0.519 bits per heavy atom. The molecule has 132 valence electrons. The van der Waals surface area contributed by atoms with E-state index in [4.69, 9.17) is 0 Å². The van der Waals surface area contributed by atoms with Crippen LogP contribution in [0.4, 0.5) is 5.69 Å². The summed E-state index contributed by atoms with van der Waals surface area (Å²) in [5.41, 5.74) is 2.50. The molecule has 27 heavy (non-hydrogen) atoms. The van der Waals surface area contributed by atoms with Gasteiger partial charge >= 0.3 is 0 Å². The van der Waals surface area contributed by atoms with Crippen molar-refractivity contribution in [3.63, 3.8) is 0 Å². The highest BCUT2D eigenvalue weighted by Crippen LogP contribution is 2.34. The fourth-order valence-corrected chi connectivity index (χ4v) is 5.68. The minimum atomic E-state index is -0.587. The van der Waals surface area contributed by atoms with Gasteiger partial charge in [0.2, 0.25) is 0 Å². The first kappa shape index (κ1) is 17.5. The van der Waals surface area contributed by atoms with Crippen molar-refractivity contribution in [2.24, 2.45) is 0 Å². The molecule has 0 amide bonds. The summed E-state index contributed by atoms with van der Waals surface area (Å²) in [6.45, 7) is 0.818. The maximum atomic E-state index is 3.57. The van der Waals surface area contributed by atoms with Crippen LogP contribution in [0.3, 0.4) is 0 Å². The molecule has 1 nitrogen and oxygen atoms in total. The van der Waals surface area contributed by atoms with E-state index in [1.807, 2.05) is 6.07 Å². The lowest BCUT2D eigenvalue weighted by Gasteiger charge is -2.22. The van der Waals surface area contributed by atoms with E-state index in [0.29, 0.717) is 0 Å². The summed E-state index contributed by atoms with van der Waals surface area (Å²) in [7, 11) is -0.587. The zero-order chi connectivity index (χ0) is 18.3. The first-order valence-electron chi connectivity index (χ1n) is 9.19. The van der Waals surface area contributed by atoms with Crippen molar-refractivity contribution in [1.82, 2.24) is 0 Å². The number of hydrogen-bond acceptors (Lipinski definition) is 1. The predicted molar refractivity (Wildman–Crippen MR) is 119 cm³/mol. The smallest absolute Gasteiger partial charge is 0.0407 e. The normalized spacial score (nSPS) is 10.7. The van der Waals surface area contributed by atoms with Crippen LogP contribution in [0.25, 0.3) is 0 Å². The van der Waals surface area contributed by atoms with E-state index in [0.717, 1.165) is 12.2 Å². The van der Waals surface area contributed by atoms with Gasteiger partial charge in [-0.3, -0.25) is 0 Å². The average Bonchev–Trinajstić information content (AvgIpc) is 2.76. The van der Waals surface area contributed by atoms with E-state index in [1.165, 1.54) is 21.5 Å². The average molecular weight is 367 g/mol. The molecular weight excluding hydrogens is 345 g/mol. The molecule has 0 spiro atoms. The van der Waals surface area contributed by atoms with Crippen molar-refractivity contribution in [3.05, 3.63) is 121 Å². The van der Waals surface area contributed by atoms with Crippen molar-refractivity contribution in [2.45, 2.75) is 6.54 Å². The largest absolute Gasteiger partial charge is 0.381 e. The maximum absolute atomic E-state index is 3.57. The third-order valence-electron chi connectivity index (χ3n) is 4.52. The van der Waals surface area contributed by atoms with Crippen LogP contribution in [0.1, 0.15) is 5.56 Å². The standard InChI is InChI=1S/C25H22NP/c1-4-13-22(14-5-1)26-20-21-12-10-11-19-25(21)27(23-15-6-2-7-16-23)24-17-8-3-9-18-24/h1-19,26H,20H2. The molecule has 0 aliphatic carbocycles. The molecule has 4 aromatic rings. The van der Waals surface area contributed by atoms with E-state index in [9.17, 15) is 0 Å².